The number of primary amides is 1. The van der Waals surface area contributed by atoms with Gasteiger partial charge in [-0.2, -0.15) is 0 Å². The summed E-state index contributed by atoms with van der Waals surface area (Å²) in [5.41, 5.74) is 5.20. The summed E-state index contributed by atoms with van der Waals surface area (Å²) in [6.45, 7) is -0.196. The number of carbonyl (C=O) groups excluding carboxylic acids is 2. The van der Waals surface area contributed by atoms with Crippen molar-refractivity contribution in [2.24, 2.45) is 5.73 Å². The Bertz CT molecular complexity index is 367. The molecule has 1 aromatic heterocycles. The van der Waals surface area contributed by atoms with E-state index in [-0.39, 0.29) is 11.7 Å². The van der Waals surface area contributed by atoms with Gasteiger partial charge in [0.1, 0.15) is 5.15 Å². The smallest absolute Gasteiger partial charge is 0.251 e. The van der Waals surface area contributed by atoms with Crippen LogP contribution in [0.1, 0.15) is 10.4 Å². The number of amides is 2. The molecule has 0 aliphatic rings. The number of pyridine rings is 1. The minimum atomic E-state index is -0.599. The van der Waals surface area contributed by atoms with Crippen molar-refractivity contribution in [2.75, 3.05) is 6.54 Å². The molecule has 0 unspecified atom stereocenters. The monoisotopic (exact) mass is 213 g/mol. The molecule has 14 heavy (non-hydrogen) atoms. The third kappa shape index (κ3) is 3.02. The molecule has 0 aromatic carbocycles. The summed E-state index contributed by atoms with van der Waals surface area (Å²) in [7, 11) is 0. The van der Waals surface area contributed by atoms with E-state index in [0.29, 0.717) is 5.56 Å². The Morgan fingerprint density at radius 2 is 2.29 bits per heavy atom. The molecule has 0 saturated heterocycles. The Morgan fingerprint density at radius 1 is 1.57 bits per heavy atom. The van der Waals surface area contributed by atoms with Crippen molar-refractivity contribution < 1.29 is 9.59 Å². The van der Waals surface area contributed by atoms with E-state index in [1.807, 2.05) is 0 Å². The van der Waals surface area contributed by atoms with Gasteiger partial charge in [0.15, 0.2) is 0 Å². The minimum absolute atomic E-state index is 0.196. The summed E-state index contributed by atoms with van der Waals surface area (Å²) < 4.78 is 0. The van der Waals surface area contributed by atoms with Gasteiger partial charge in [0.2, 0.25) is 5.91 Å². The van der Waals surface area contributed by atoms with Crippen LogP contribution in [-0.4, -0.2) is 23.3 Å². The van der Waals surface area contributed by atoms with Gasteiger partial charge in [-0.15, -0.1) is 0 Å². The van der Waals surface area contributed by atoms with Crippen LogP contribution in [0.4, 0.5) is 0 Å². The number of nitrogens with two attached hydrogens (primary N) is 1. The van der Waals surface area contributed by atoms with Crippen molar-refractivity contribution >= 4 is 23.4 Å². The highest BCUT2D eigenvalue weighted by Gasteiger charge is 2.06. The van der Waals surface area contributed by atoms with E-state index in [0.717, 1.165) is 0 Å². The SMILES string of the molecule is NC(=O)CNC(=O)c1ccnc(Cl)c1. The number of carbonyl (C=O) groups is 2. The van der Waals surface area contributed by atoms with Gasteiger partial charge in [-0.25, -0.2) is 4.98 Å². The molecule has 0 radical (unpaired) electrons. The predicted octanol–water partition coefficient (Wildman–Crippen LogP) is -0.0499. The molecule has 0 fully saturated rings. The zero-order valence-corrected chi connectivity index (χ0v) is 7.91. The van der Waals surface area contributed by atoms with E-state index >= 15 is 0 Å². The first kappa shape index (κ1) is 10.5. The molecule has 1 aromatic rings. The number of aromatic nitrogens is 1. The number of halogens is 1. The normalized spacial score (nSPS) is 9.50. The number of nitrogens with one attached hydrogen (secondary N) is 1. The van der Waals surface area contributed by atoms with E-state index in [1.165, 1.54) is 18.3 Å². The van der Waals surface area contributed by atoms with Crippen molar-refractivity contribution in [3.63, 3.8) is 0 Å². The third-order valence-electron chi connectivity index (χ3n) is 1.41. The van der Waals surface area contributed by atoms with Crippen molar-refractivity contribution in [1.29, 1.82) is 0 Å². The third-order valence-corrected chi connectivity index (χ3v) is 1.62. The summed E-state index contributed by atoms with van der Waals surface area (Å²) in [5, 5.41) is 2.54. The number of hydrogen-bond acceptors (Lipinski definition) is 3. The highest BCUT2D eigenvalue weighted by molar-refractivity contribution is 6.29. The molecule has 0 bridgehead atoms. The van der Waals surface area contributed by atoms with E-state index in [9.17, 15) is 9.59 Å². The molecule has 0 aliphatic carbocycles. The average molecular weight is 214 g/mol. The maximum atomic E-state index is 11.3. The number of hydrogen-bond donors (Lipinski definition) is 2. The van der Waals surface area contributed by atoms with Gasteiger partial charge in [0.25, 0.3) is 5.91 Å². The molecular formula is C8H8ClN3O2. The Hall–Kier alpha value is -1.62. The fourth-order valence-corrected chi connectivity index (χ4v) is 0.987. The lowest BCUT2D eigenvalue weighted by atomic mass is 10.2. The van der Waals surface area contributed by atoms with Crippen molar-refractivity contribution in [3.05, 3.63) is 29.0 Å². The molecule has 1 heterocycles. The average Bonchev–Trinajstić information content (AvgIpc) is 2.14. The fraction of sp³-hybridized carbons (Fsp3) is 0.125. The molecule has 0 atom stereocenters. The first-order valence-corrected chi connectivity index (χ1v) is 4.15. The molecule has 1 rings (SSSR count). The van der Waals surface area contributed by atoms with E-state index in [2.05, 4.69) is 10.3 Å². The zero-order valence-electron chi connectivity index (χ0n) is 7.16. The van der Waals surface area contributed by atoms with Crippen LogP contribution in [0, 0.1) is 0 Å². The largest absolute Gasteiger partial charge is 0.368 e. The van der Waals surface area contributed by atoms with Crippen LogP contribution in [-0.2, 0) is 4.79 Å². The zero-order chi connectivity index (χ0) is 10.6. The van der Waals surface area contributed by atoms with Gasteiger partial charge in [0.05, 0.1) is 6.54 Å². The first-order chi connectivity index (χ1) is 6.59. The second-order valence-corrected chi connectivity index (χ2v) is 2.90. The van der Waals surface area contributed by atoms with Crippen LogP contribution in [0.15, 0.2) is 18.3 Å². The number of rotatable bonds is 3. The lowest BCUT2D eigenvalue weighted by molar-refractivity contribution is -0.117. The molecule has 2 amide bonds. The van der Waals surface area contributed by atoms with Gasteiger partial charge in [-0.3, -0.25) is 9.59 Å². The van der Waals surface area contributed by atoms with Crippen LogP contribution >= 0.6 is 11.6 Å². The lowest BCUT2D eigenvalue weighted by Crippen LogP contribution is -2.33. The lowest BCUT2D eigenvalue weighted by Gasteiger charge is -2.01. The Morgan fingerprint density at radius 3 is 2.86 bits per heavy atom. The van der Waals surface area contributed by atoms with Crippen LogP contribution in [0.3, 0.4) is 0 Å². The van der Waals surface area contributed by atoms with Gasteiger partial charge >= 0.3 is 0 Å². The van der Waals surface area contributed by atoms with Gasteiger partial charge in [-0.1, -0.05) is 11.6 Å². The highest BCUT2D eigenvalue weighted by Crippen LogP contribution is 2.06. The predicted molar refractivity (Wildman–Crippen MR) is 50.8 cm³/mol. The Balaban J connectivity index is 2.65. The molecule has 3 N–H and O–H groups in total. The van der Waals surface area contributed by atoms with Gasteiger partial charge in [0, 0.05) is 11.8 Å². The van der Waals surface area contributed by atoms with Crippen molar-refractivity contribution in [3.8, 4) is 0 Å². The molecule has 0 spiro atoms. The van der Waals surface area contributed by atoms with E-state index in [1.54, 1.807) is 0 Å². The summed E-state index contributed by atoms with van der Waals surface area (Å²) in [6, 6.07) is 2.89. The fourth-order valence-electron chi connectivity index (χ4n) is 0.813. The summed E-state index contributed by atoms with van der Waals surface area (Å²) in [6.07, 6.45) is 1.40. The molecule has 0 saturated carbocycles. The maximum absolute atomic E-state index is 11.3. The molecule has 5 nitrogen and oxygen atoms in total. The summed E-state index contributed by atoms with van der Waals surface area (Å²) in [5.74, 6) is -1.01. The van der Waals surface area contributed by atoms with Crippen LogP contribution in [0.25, 0.3) is 0 Å². The maximum Gasteiger partial charge on any atom is 0.251 e. The quantitative estimate of drug-likeness (QED) is 0.691. The topological polar surface area (TPSA) is 85.1 Å². The first-order valence-electron chi connectivity index (χ1n) is 3.77. The summed E-state index contributed by atoms with van der Waals surface area (Å²) >= 11 is 5.57. The summed E-state index contributed by atoms with van der Waals surface area (Å²) in [4.78, 5) is 25.4. The van der Waals surface area contributed by atoms with Crippen molar-refractivity contribution in [2.45, 2.75) is 0 Å². The number of nitrogens with zero attached hydrogens (tertiary/aromatic N) is 1. The highest BCUT2D eigenvalue weighted by atomic mass is 35.5. The Kier molecular flexibility index (Phi) is 3.41. The second kappa shape index (κ2) is 4.57. The molecule has 74 valence electrons. The van der Waals surface area contributed by atoms with Crippen LogP contribution < -0.4 is 11.1 Å². The Labute approximate surface area is 85.3 Å². The molecular weight excluding hydrogens is 206 g/mol. The van der Waals surface area contributed by atoms with Crippen molar-refractivity contribution in [1.82, 2.24) is 10.3 Å². The van der Waals surface area contributed by atoms with Crippen LogP contribution in [0.2, 0.25) is 5.15 Å². The van der Waals surface area contributed by atoms with Gasteiger partial charge in [-0.05, 0) is 12.1 Å². The minimum Gasteiger partial charge on any atom is -0.368 e. The van der Waals surface area contributed by atoms with Crippen LogP contribution in [0.5, 0.6) is 0 Å². The van der Waals surface area contributed by atoms with Gasteiger partial charge < -0.3 is 11.1 Å². The van der Waals surface area contributed by atoms with E-state index < -0.39 is 11.8 Å². The van der Waals surface area contributed by atoms with E-state index in [4.69, 9.17) is 17.3 Å². The molecule has 0 aliphatic heterocycles. The second-order valence-electron chi connectivity index (χ2n) is 2.52. The molecule has 6 heteroatoms. The standard InChI is InChI=1S/C8H8ClN3O2/c9-6-3-5(1-2-11-6)8(14)12-4-7(10)13/h1-3H,4H2,(H2,10,13)(H,12,14).